The van der Waals surface area contributed by atoms with Gasteiger partial charge in [0.15, 0.2) is 5.58 Å². The summed E-state index contributed by atoms with van der Waals surface area (Å²) >= 11 is 0. The van der Waals surface area contributed by atoms with Crippen molar-refractivity contribution in [3.63, 3.8) is 0 Å². The quantitative estimate of drug-likeness (QED) is 0.686. The van der Waals surface area contributed by atoms with Gasteiger partial charge < -0.3 is 15.1 Å². The van der Waals surface area contributed by atoms with E-state index in [0.717, 1.165) is 0 Å². The van der Waals surface area contributed by atoms with Gasteiger partial charge in [-0.25, -0.2) is 4.79 Å². The van der Waals surface area contributed by atoms with Gasteiger partial charge in [-0.2, -0.15) is 13.2 Å². The Balaban J connectivity index is 1.66. The molecule has 6 nitrogen and oxygen atoms in total. The monoisotopic (exact) mass is 379 g/mol. The van der Waals surface area contributed by atoms with Gasteiger partial charge >= 0.3 is 11.9 Å². The first kappa shape index (κ1) is 18.6. The molecule has 27 heavy (non-hydrogen) atoms. The Labute approximate surface area is 151 Å². The van der Waals surface area contributed by atoms with Crippen molar-refractivity contribution in [3.05, 3.63) is 59.1 Å². The van der Waals surface area contributed by atoms with Crippen LogP contribution in [-0.2, 0) is 11.3 Å². The Kier molecular flexibility index (Phi) is 5.20. The highest BCUT2D eigenvalue weighted by atomic mass is 19.4. The molecule has 0 saturated heterocycles. The molecule has 0 aliphatic rings. The molecule has 0 fully saturated rings. The number of rotatable bonds is 6. The number of carbonyl (C=O) groups is 1. The third-order valence-corrected chi connectivity index (χ3v) is 3.82. The van der Waals surface area contributed by atoms with Crippen molar-refractivity contribution in [2.24, 2.45) is 0 Å². The van der Waals surface area contributed by atoms with Crippen molar-refractivity contribution < 1.29 is 22.4 Å². The van der Waals surface area contributed by atoms with Crippen LogP contribution in [0.15, 0.2) is 57.7 Å². The highest BCUT2D eigenvalue weighted by molar-refractivity contribution is 5.94. The van der Waals surface area contributed by atoms with E-state index in [2.05, 4.69) is 10.6 Å². The predicted octanol–water partition coefficient (Wildman–Crippen LogP) is 3.60. The van der Waals surface area contributed by atoms with Crippen LogP contribution >= 0.6 is 0 Å². The molecule has 0 aliphatic carbocycles. The van der Waals surface area contributed by atoms with Gasteiger partial charge in [0.1, 0.15) is 6.54 Å². The van der Waals surface area contributed by atoms with Gasteiger partial charge in [-0.05, 0) is 24.3 Å². The summed E-state index contributed by atoms with van der Waals surface area (Å²) < 4.78 is 43.6. The smallest absolute Gasteiger partial charge is 0.408 e. The molecule has 1 aromatic heterocycles. The van der Waals surface area contributed by atoms with Gasteiger partial charge in [0.05, 0.1) is 16.9 Å². The minimum Gasteiger partial charge on any atom is -0.408 e. The molecule has 2 aromatic carbocycles. The molecule has 3 aromatic rings. The number of aryl methyl sites for hydroxylation is 1. The standard InChI is InChI=1S/C18H16F3N3O3/c19-18(20,21)11-22-12-5-1-2-6-13(12)23-16(25)9-10-24-14-7-3-4-8-15(14)27-17(24)26/h1-8,22H,9-11H2,(H,23,25). The molecule has 0 radical (unpaired) electrons. The van der Waals surface area contributed by atoms with Gasteiger partial charge in [0, 0.05) is 13.0 Å². The number of anilines is 2. The number of amides is 1. The molecule has 1 heterocycles. The fraction of sp³-hybridized carbons (Fsp3) is 0.222. The zero-order valence-electron chi connectivity index (χ0n) is 14.0. The third kappa shape index (κ3) is 4.69. The summed E-state index contributed by atoms with van der Waals surface area (Å²) in [6, 6.07) is 12.9. The number of nitrogens with zero attached hydrogens (tertiary/aromatic N) is 1. The number of halogens is 3. The Morgan fingerprint density at radius 3 is 2.44 bits per heavy atom. The number of carbonyl (C=O) groups excluding carboxylic acids is 1. The van der Waals surface area contributed by atoms with Crippen molar-refractivity contribution in [1.29, 1.82) is 0 Å². The number of aromatic nitrogens is 1. The minimum absolute atomic E-state index is 0.0446. The molecule has 0 bridgehead atoms. The molecular formula is C18H16F3N3O3. The first-order valence-corrected chi connectivity index (χ1v) is 8.11. The molecule has 9 heteroatoms. The predicted molar refractivity (Wildman–Crippen MR) is 94.7 cm³/mol. The summed E-state index contributed by atoms with van der Waals surface area (Å²) in [6.45, 7) is -1.13. The molecule has 2 N–H and O–H groups in total. The average molecular weight is 379 g/mol. The number of hydrogen-bond acceptors (Lipinski definition) is 4. The fourth-order valence-electron chi connectivity index (χ4n) is 2.59. The number of hydrogen-bond donors (Lipinski definition) is 2. The second-order valence-electron chi connectivity index (χ2n) is 5.80. The highest BCUT2D eigenvalue weighted by Crippen LogP contribution is 2.24. The SMILES string of the molecule is O=C(CCn1c(=O)oc2ccccc21)Nc1ccccc1NCC(F)(F)F. The van der Waals surface area contributed by atoms with Crippen LogP contribution in [0, 0.1) is 0 Å². The maximum atomic E-state index is 12.4. The average Bonchev–Trinajstić information content (AvgIpc) is 2.93. The lowest BCUT2D eigenvalue weighted by atomic mass is 10.2. The van der Waals surface area contributed by atoms with E-state index in [1.165, 1.54) is 16.7 Å². The summed E-state index contributed by atoms with van der Waals surface area (Å²) in [5.41, 5.74) is 1.39. The molecule has 0 unspecified atom stereocenters. The molecule has 0 spiro atoms. The maximum Gasteiger partial charge on any atom is 0.419 e. The second kappa shape index (κ2) is 7.56. The van der Waals surface area contributed by atoms with Crippen LogP contribution in [0.1, 0.15) is 6.42 Å². The van der Waals surface area contributed by atoms with Crippen LogP contribution in [-0.4, -0.2) is 23.2 Å². The number of para-hydroxylation sites is 4. The normalized spacial score (nSPS) is 11.5. The first-order valence-electron chi connectivity index (χ1n) is 8.11. The Hall–Kier alpha value is -3.23. The molecule has 3 rings (SSSR count). The van der Waals surface area contributed by atoms with Crippen molar-refractivity contribution in [3.8, 4) is 0 Å². The zero-order chi connectivity index (χ0) is 19.4. The number of alkyl halides is 3. The lowest BCUT2D eigenvalue weighted by Gasteiger charge is -2.14. The van der Waals surface area contributed by atoms with E-state index in [9.17, 15) is 22.8 Å². The largest absolute Gasteiger partial charge is 0.419 e. The van der Waals surface area contributed by atoms with E-state index >= 15 is 0 Å². The summed E-state index contributed by atoms with van der Waals surface area (Å²) in [4.78, 5) is 24.1. The van der Waals surface area contributed by atoms with Crippen LogP contribution in [0.2, 0.25) is 0 Å². The first-order chi connectivity index (χ1) is 12.8. The van der Waals surface area contributed by atoms with Gasteiger partial charge in [-0.1, -0.05) is 24.3 Å². The molecular weight excluding hydrogens is 363 g/mol. The van der Waals surface area contributed by atoms with Gasteiger partial charge in [0.25, 0.3) is 0 Å². The van der Waals surface area contributed by atoms with E-state index in [1.54, 1.807) is 36.4 Å². The number of oxazole rings is 1. The molecule has 0 saturated carbocycles. The Morgan fingerprint density at radius 2 is 1.70 bits per heavy atom. The van der Waals surface area contributed by atoms with Crippen LogP contribution in [0.25, 0.3) is 11.1 Å². The summed E-state index contributed by atoms with van der Waals surface area (Å²) in [7, 11) is 0. The second-order valence-corrected chi connectivity index (χ2v) is 5.80. The van der Waals surface area contributed by atoms with E-state index in [4.69, 9.17) is 4.42 Å². The number of nitrogens with one attached hydrogen (secondary N) is 2. The van der Waals surface area contributed by atoms with Crippen molar-refractivity contribution in [1.82, 2.24) is 4.57 Å². The van der Waals surface area contributed by atoms with Crippen LogP contribution in [0.4, 0.5) is 24.5 Å². The summed E-state index contributed by atoms with van der Waals surface area (Å²) in [6.07, 6.45) is -4.42. The van der Waals surface area contributed by atoms with Crippen molar-refractivity contribution >= 4 is 28.4 Å². The van der Waals surface area contributed by atoms with Crippen LogP contribution < -0.4 is 16.4 Å². The van der Waals surface area contributed by atoms with Gasteiger partial charge in [-0.3, -0.25) is 9.36 Å². The lowest BCUT2D eigenvalue weighted by Crippen LogP contribution is -2.23. The molecule has 0 aliphatic heterocycles. The highest BCUT2D eigenvalue weighted by Gasteiger charge is 2.27. The van der Waals surface area contributed by atoms with Crippen LogP contribution in [0.3, 0.4) is 0 Å². The molecule has 142 valence electrons. The fourth-order valence-corrected chi connectivity index (χ4v) is 2.59. The van der Waals surface area contributed by atoms with Gasteiger partial charge in [-0.15, -0.1) is 0 Å². The van der Waals surface area contributed by atoms with E-state index < -0.39 is 24.4 Å². The van der Waals surface area contributed by atoms with Crippen molar-refractivity contribution in [2.75, 3.05) is 17.2 Å². The van der Waals surface area contributed by atoms with E-state index in [0.29, 0.717) is 11.1 Å². The summed E-state index contributed by atoms with van der Waals surface area (Å²) in [5, 5.41) is 4.81. The van der Waals surface area contributed by atoms with Crippen molar-refractivity contribution in [2.45, 2.75) is 19.1 Å². The molecule has 0 atom stereocenters. The third-order valence-electron chi connectivity index (χ3n) is 3.82. The van der Waals surface area contributed by atoms with Gasteiger partial charge in [0.2, 0.25) is 5.91 Å². The zero-order valence-corrected chi connectivity index (χ0v) is 14.0. The Morgan fingerprint density at radius 1 is 1.04 bits per heavy atom. The van der Waals surface area contributed by atoms with E-state index in [-0.39, 0.29) is 24.3 Å². The Bertz CT molecular complexity index is 1010. The number of benzene rings is 2. The maximum absolute atomic E-state index is 12.4. The minimum atomic E-state index is -4.37. The van der Waals surface area contributed by atoms with Crippen LogP contribution in [0.5, 0.6) is 0 Å². The summed E-state index contributed by atoms with van der Waals surface area (Å²) in [5.74, 6) is -1.01. The topological polar surface area (TPSA) is 76.3 Å². The number of fused-ring (bicyclic) bond motifs is 1. The molecule has 1 amide bonds. The van der Waals surface area contributed by atoms with E-state index in [1.807, 2.05) is 0 Å². The lowest BCUT2D eigenvalue weighted by molar-refractivity contribution is -0.116.